The molecule has 4 heteroatoms. The Hall–Kier alpha value is -1.55. The lowest BCUT2D eigenvalue weighted by atomic mass is 10.0. The maximum absolute atomic E-state index is 12.8. The van der Waals surface area contributed by atoms with Crippen LogP contribution in [0.25, 0.3) is 0 Å². The lowest BCUT2D eigenvalue weighted by Gasteiger charge is -2.15. The average Bonchev–Trinajstić information content (AvgIpc) is 2.46. The Morgan fingerprint density at radius 3 is 2.52 bits per heavy atom. The van der Waals surface area contributed by atoms with Gasteiger partial charge in [0.25, 0.3) is 0 Å². The van der Waals surface area contributed by atoms with Crippen molar-refractivity contribution in [1.82, 2.24) is 0 Å². The van der Waals surface area contributed by atoms with Crippen LogP contribution in [-0.4, -0.2) is 13.2 Å². The maximum atomic E-state index is 12.8. The molecule has 0 atom stereocenters. The Labute approximate surface area is 133 Å². The Balaban J connectivity index is 1.87. The number of anilines is 1. The Morgan fingerprint density at radius 2 is 1.86 bits per heavy atom. The minimum atomic E-state index is -0.228. The molecule has 2 rings (SSSR count). The van der Waals surface area contributed by atoms with Crippen LogP contribution in [0.4, 0.5) is 10.1 Å². The molecule has 0 aliphatic rings. The largest absolute Gasteiger partial charge is 0.491 e. The number of hydrogen-bond donors (Lipinski definition) is 1. The first-order chi connectivity index (χ1) is 10.1. The molecule has 0 saturated carbocycles. The van der Waals surface area contributed by atoms with Crippen molar-refractivity contribution in [2.45, 2.75) is 19.8 Å². The smallest absolute Gasteiger partial charge is 0.123 e. The first-order valence-electron chi connectivity index (χ1n) is 6.98. The molecule has 2 aromatic carbocycles. The maximum Gasteiger partial charge on any atom is 0.123 e. The molecule has 1 N–H and O–H groups in total. The molecule has 0 bridgehead atoms. The predicted molar refractivity (Wildman–Crippen MR) is 88.6 cm³/mol. The SMILES string of the molecule is CC(C)c1cc(Br)ccc1OCCNc1ccc(F)cc1. The number of hydrogen-bond acceptors (Lipinski definition) is 2. The number of nitrogens with one attached hydrogen (secondary N) is 1. The van der Waals surface area contributed by atoms with Crippen molar-refractivity contribution in [1.29, 1.82) is 0 Å². The lowest BCUT2D eigenvalue weighted by molar-refractivity contribution is 0.328. The van der Waals surface area contributed by atoms with Crippen molar-refractivity contribution in [3.05, 3.63) is 58.3 Å². The zero-order valence-electron chi connectivity index (χ0n) is 12.2. The fraction of sp³-hybridized carbons (Fsp3) is 0.294. The minimum absolute atomic E-state index is 0.228. The molecule has 0 saturated heterocycles. The van der Waals surface area contributed by atoms with Crippen LogP contribution in [0.2, 0.25) is 0 Å². The fourth-order valence-electron chi connectivity index (χ4n) is 2.03. The molecule has 112 valence electrons. The zero-order valence-corrected chi connectivity index (χ0v) is 13.8. The molecule has 0 amide bonds. The molecule has 0 radical (unpaired) electrons. The van der Waals surface area contributed by atoms with Gasteiger partial charge in [-0.1, -0.05) is 29.8 Å². The zero-order chi connectivity index (χ0) is 15.2. The molecule has 0 spiro atoms. The van der Waals surface area contributed by atoms with Gasteiger partial charge in [-0.2, -0.15) is 0 Å². The van der Waals surface area contributed by atoms with E-state index in [0.29, 0.717) is 19.1 Å². The third-order valence-corrected chi connectivity index (χ3v) is 3.62. The van der Waals surface area contributed by atoms with Gasteiger partial charge in [0.15, 0.2) is 0 Å². The van der Waals surface area contributed by atoms with Crippen LogP contribution in [-0.2, 0) is 0 Å². The van der Waals surface area contributed by atoms with Crippen LogP contribution in [0.5, 0.6) is 5.75 Å². The summed E-state index contributed by atoms with van der Waals surface area (Å²) < 4.78 is 19.7. The highest BCUT2D eigenvalue weighted by Gasteiger charge is 2.08. The summed E-state index contributed by atoms with van der Waals surface area (Å²) in [6.45, 7) is 5.51. The van der Waals surface area contributed by atoms with Gasteiger partial charge in [0.1, 0.15) is 18.2 Å². The van der Waals surface area contributed by atoms with Gasteiger partial charge in [0.2, 0.25) is 0 Å². The van der Waals surface area contributed by atoms with Crippen molar-refractivity contribution in [2.75, 3.05) is 18.5 Å². The van der Waals surface area contributed by atoms with Gasteiger partial charge in [0.05, 0.1) is 0 Å². The number of rotatable bonds is 6. The van der Waals surface area contributed by atoms with Gasteiger partial charge in [-0.3, -0.25) is 0 Å². The second kappa shape index (κ2) is 7.46. The van der Waals surface area contributed by atoms with Gasteiger partial charge < -0.3 is 10.1 Å². The van der Waals surface area contributed by atoms with Crippen LogP contribution in [0.1, 0.15) is 25.3 Å². The highest BCUT2D eigenvalue weighted by atomic mass is 79.9. The monoisotopic (exact) mass is 351 g/mol. The summed E-state index contributed by atoms with van der Waals surface area (Å²) in [7, 11) is 0. The van der Waals surface area contributed by atoms with E-state index in [-0.39, 0.29) is 5.82 Å². The van der Waals surface area contributed by atoms with Gasteiger partial charge in [-0.05, 0) is 53.9 Å². The first-order valence-corrected chi connectivity index (χ1v) is 7.77. The highest BCUT2D eigenvalue weighted by Crippen LogP contribution is 2.29. The molecule has 0 fully saturated rings. The summed E-state index contributed by atoms with van der Waals surface area (Å²) in [4.78, 5) is 0. The van der Waals surface area contributed by atoms with Crippen molar-refractivity contribution in [3.8, 4) is 5.75 Å². The highest BCUT2D eigenvalue weighted by molar-refractivity contribution is 9.10. The third kappa shape index (κ3) is 4.74. The van der Waals surface area contributed by atoms with Gasteiger partial charge >= 0.3 is 0 Å². The van der Waals surface area contributed by atoms with Gasteiger partial charge in [-0.25, -0.2) is 4.39 Å². The molecule has 21 heavy (non-hydrogen) atoms. The number of ether oxygens (including phenoxy) is 1. The molecule has 2 nitrogen and oxygen atoms in total. The van der Waals surface area contributed by atoms with Crippen molar-refractivity contribution in [2.24, 2.45) is 0 Å². The van der Waals surface area contributed by atoms with E-state index in [1.54, 1.807) is 12.1 Å². The van der Waals surface area contributed by atoms with E-state index in [9.17, 15) is 4.39 Å². The normalized spacial score (nSPS) is 10.7. The molecular weight excluding hydrogens is 333 g/mol. The van der Waals surface area contributed by atoms with E-state index in [0.717, 1.165) is 15.9 Å². The molecule has 0 aromatic heterocycles. The van der Waals surface area contributed by atoms with Crippen LogP contribution >= 0.6 is 15.9 Å². The molecule has 0 heterocycles. The van der Waals surface area contributed by atoms with Crippen LogP contribution in [0.3, 0.4) is 0 Å². The quantitative estimate of drug-likeness (QED) is 0.722. The summed E-state index contributed by atoms with van der Waals surface area (Å²) in [6.07, 6.45) is 0. The number of benzene rings is 2. The summed E-state index contributed by atoms with van der Waals surface area (Å²) >= 11 is 3.48. The predicted octanol–water partition coefficient (Wildman–Crippen LogP) is 5.20. The summed E-state index contributed by atoms with van der Waals surface area (Å²) in [5, 5.41) is 3.20. The Kier molecular flexibility index (Phi) is 5.62. The van der Waals surface area contributed by atoms with E-state index in [2.05, 4.69) is 41.2 Å². The first kappa shape index (κ1) is 15.8. The minimum Gasteiger partial charge on any atom is -0.491 e. The van der Waals surface area contributed by atoms with Crippen LogP contribution in [0, 0.1) is 5.82 Å². The summed E-state index contributed by atoms with van der Waals surface area (Å²) in [5.74, 6) is 1.09. The van der Waals surface area contributed by atoms with E-state index < -0.39 is 0 Å². The third-order valence-electron chi connectivity index (χ3n) is 3.13. The Morgan fingerprint density at radius 1 is 1.14 bits per heavy atom. The second-order valence-corrected chi connectivity index (χ2v) is 6.03. The molecular formula is C17H19BrFNO. The number of halogens is 2. The topological polar surface area (TPSA) is 21.3 Å². The van der Waals surface area contributed by atoms with Crippen molar-refractivity contribution < 1.29 is 9.13 Å². The Bertz CT molecular complexity index is 584. The van der Waals surface area contributed by atoms with Gasteiger partial charge in [-0.15, -0.1) is 0 Å². The lowest BCUT2D eigenvalue weighted by Crippen LogP contribution is -2.12. The standard InChI is InChI=1S/C17H19BrFNO/c1-12(2)16-11-13(18)3-8-17(16)21-10-9-20-15-6-4-14(19)5-7-15/h3-8,11-12,20H,9-10H2,1-2H3. The fourth-order valence-corrected chi connectivity index (χ4v) is 2.40. The van der Waals surface area contributed by atoms with Gasteiger partial charge in [0, 0.05) is 16.7 Å². The summed E-state index contributed by atoms with van der Waals surface area (Å²) in [6, 6.07) is 12.4. The van der Waals surface area contributed by atoms with E-state index in [1.807, 2.05) is 12.1 Å². The molecule has 0 aliphatic heterocycles. The van der Waals surface area contributed by atoms with Crippen LogP contribution in [0.15, 0.2) is 46.9 Å². The molecule has 2 aromatic rings. The van der Waals surface area contributed by atoms with E-state index >= 15 is 0 Å². The van der Waals surface area contributed by atoms with E-state index in [4.69, 9.17) is 4.74 Å². The second-order valence-electron chi connectivity index (χ2n) is 5.12. The summed E-state index contributed by atoms with van der Waals surface area (Å²) in [5.41, 5.74) is 2.08. The molecule has 0 aliphatic carbocycles. The van der Waals surface area contributed by atoms with Crippen molar-refractivity contribution >= 4 is 21.6 Å². The van der Waals surface area contributed by atoms with E-state index in [1.165, 1.54) is 17.7 Å². The average molecular weight is 352 g/mol. The van der Waals surface area contributed by atoms with Crippen molar-refractivity contribution in [3.63, 3.8) is 0 Å². The molecule has 0 unspecified atom stereocenters. The van der Waals surface area contributed by atoms with Crippen LogP contribution < -0.4 is 10.1 Å².